The summed E-state index contributed by atoms with van der Waals surface area (Å²) < 4.78 is 58.6. The molecule has 12 heteroatoms. The predicted molar refractivity (Wildman–Crippen MR) is 204 cm³/mol. The number of sulfone groups is 2. The Balaban J connectivity index is 1.25. The van der Waals surface area contributed by atoms with Gasteiger partial charge in [-0.15, -0.1) is 0 Å². The lowest BCUT2D eigenvalue weighted by atomic mass is 10.0. The molecule has 6 rings (SSSR count). The van der Waals surface area contributed by atoms with E-state index in [0.29, 0.717) is 10.8 Å². The molecule has 6 aromatic rings. The van der Waals surface area contributed by atoms with Crippen molar-refractivity contribution in [2.75, 3.05) is 13.7 Å². The summed E-state index contributed by atoms with van der Waals surface area (Å²) in [7, 11) is -5.97. The molecule has 0 heterocycles. The second-order valence-electron chi connectivity index (χ2n) is 12.3. The quantitative estimate of drug-likeness (QED) is 0.121. The molecule has 0 saturated carbocycles. The number of nitrogens with one attached hydrogen (secondary N) is 3. The van der Waals surface area contributed by atoms with E-state index in [0.717, 1.165) is 21.9 Å². The van der Waals surface area contributed by atoms with E-state index in [1.54, 1.807) is 104 Å². The SMILES string of the molecule is CCOC(=O)C(NCc1cccc2cc(S(=O)(=O)c3ccccc3)ccc12)C(NCc1cccc2cc(S(=O)(=O)c3ccccc3)ccc12)C(=O)NC. The molecule has 0 saturated heterocycles. The Labute approximate surface area is 309 Å². The van der Waals surface area contributed by atoms with Gasteiger partial charge in [-0.3, -0.25) is 20.2 Å². The molecule has 0 aromatic heterocycles. The summed E-state index contributed by atoms with van der Waals surface area (Å²) in [6.45, 7) is 2.12. The smallest absolute Gasteiger partial charge is 0.325 e. The molecule has 272 valence electrons. The third-order valence-electron chi connectivity index (χ3n) is 9.04. The van der Waals surface area contributed by atoms with Gasteiger partial charge in [0.15, 0.2) is 0 Å². The first-order chi connectivity index (χ1) is 25.5. The second-order valence-corrected chi connectivity index (χ2v) is 16.2. The number of rotatable bonds is 14. The molecule has 0 bridgehead atoms. The van der Waals surface area contributed by atoms with Gasteiger partial charge in [0.25, 0.3) is 0 Å². The number of amides is 1. The number of benzene rings is 6. The van der Waals surface area contributed by atoms with Crippen molar-refractivity contribution in [3.8, 4) is 0 Å². The van der Waals surface area contributed by atoms with Crippen molar-refractivity contribution >= 4 is 53.1 Å². The number of hydrogen-bond donors (Lipinski definition) is 3. The van der Waals surface area contributed by atoms with Crippen LogP contribution >= 0.6 is 0 Å². The monoisotopic (exact) mass is 749 g/mol. The standard InChI is InChI=1S/C41H39N3O7S2/c1-3-51-41(46)39(44-27-31-15-11-13-29-25-35(21-23-37(29)31)53(49,50)33-18-8-5-9-19-33)38(40(45)42-2)43-26-30-14-10-12-28-24-34(20-22-36(28)30)52(47,48)32-16-6-4-7-17-32/h4-25,38-39,43-44H,3,26-27H2,1-2H3,(H,42,45). The Morgan fingerprint density at radius 1 is 0.566 bits per heavy atom. The molecule has 0 aliphatic carbocycles. The van der Waals surface area contributed by atoms with Crippen molar-refractivity contribution in [1.82, 2.24) is 16.0 Å². The second kappa shape index (κ2) is 16.1. The fourth-order valence-electron chi connectivity index (χ4n) is 6.30. The van der Waals surface area contributed by atoms with Gasteiger partial charge in [0.2, 0.25) is 25.6 Å². The highest BCUT2D eigenvalue weighted by atomic mass is 32.2. The maximum atomic E-state index is 13.4. The van der Waals surface area contributed by atoms with Crippen molar-refractivity contribution in [2.45, 2.75) is 51.7 Å². The third-order valence-corrected chi connectivity index (χ3v) is 12.6. The van der Waals surface area contributed by atoms with Crippen LogP contribution in [0, 0.1) is 0 Å². The zero-order valence-corrected chi connectivity index (χ0v) is 30.8. The number of carbonyl (C=O) groups is 2. The Morgan fingerprint density at radius 2 is 1.02 bits per heavy atom. The predicted octanol–water partition coefficient (Wildman–Crippen LogP) is 5.58. The normalized spacial score (nSPS) is 13.0. The summed E-state index contributed by atoms with van der Waals surface area (Å²) in [5.74, 6) is -1.07. The van der Waals surface area contributed by atoms with Crippen LogP contribution in [0.3, 0.4) is 0 Å². The van der Waals surface area contributed by atoms with E-state index in [4.69, 9.17) is 4.74 Å². The number of carbonyl (C=O) groups excluding carboxylic acids is 2. The van der Waals surface area contributed by atoms with Gasteiger partial charge in [-0.1, -0.05) is 84.9 Å². The Morgan fingerprint density at radius 3 is 1.45 bits per heavy atom. The van der Waals surface area contributed by atoms with Crippen LogP contribution in [0.1, 0.15) is 18.1 Å². The van der Waals surface area contributed by atoms with E-state index in [9.17, 15) is 26.4 Å². The topological polar surface area (TPSA) is 148 Å². The molecule has 0 aliphatic heterocycles. The molecule has 1 amide bonds. The van der Waals surface area contributed by atoms with Crippen LogP contribution < -0.4 is 16.0 Å². The number of fused-ring (bicyclic) bond motifs is 2. The molecular formula is C41H39N3O7S2. The lowest BCUT2D eigenvalue weighted by molar-refractivity contribution is -0.148. The summed E-state index contributed by atoms with van der Waals surface area (Å²) in [6.07, 6.45) is 0. The molecule has 2 atom stereocenters. The van der Waals surface area contributed by atoms with E-state index >= 15 is 0 Å². The summed E-state index contributed by atoms with van der Waals surface area (Å²) in [4.78, 5) is 27.5. The molecule has 0 aliphatic rings. The highest BCUT2D eigenvalue weighted by molar-refractivity contribution is 7.91. The van der Waals surface area contributed by atoms with E-state index in [-0.39, 0.29) is 39.3 Å². The van der Waals surface area contributed by atoms with Crippen LogP contribution in [0.4, 0.5) is 0 Å². The van der Waals surface area contributed by atoms with Crippen molar-refractivity contribution in [1.29, 1.82) is 0 Å². The molecule has 6 aromatic carbocycles. The molecule has 3 N–H and O–H groups in total. The Hall–Kier alpha value is -5.40. The molecular weight excluding hydrogens is 711 g/mol. The maximum Gasteiger partial charge on any atom is 0.325 e. The van der Waals surface area contributed by atoms with Crippen LogP contribution in [0.2, 0.25) is 0 Å². The average Bonchev–Trinajstić information content (AvgIpc) is 3.19. The van der Waals surface area contributed by atoms with Gasteiger partial charge in [0.05, 0.1) is 26.2 Å². The summed E-state index contributed by atoms with van der Waals surface area (Å²) >= 11 is 0. The number of esters is 1. The van der Waals surface area contributed by atoms with Crippen molar-refractivity contribution in [2.24, 2.45) is 0 Å². The number of hydrogen-bond acceptors (Lipinski definition) is 9. The molecule has 0 radical (unpaired) electrons. The number of ether oxygens (including phenoxy) is 1. The molecule has 2 unspecified atom stereocenters. The van der Waals surface area contributed by atoms with E-state index in [1.807, 2.05) is 36.4 Å². The first kappa shape index (κ1) is 37.4. The lowest BCUT2D eigenvalue weighted by Crippen LogP contribution is -2.59. The first-order valence-electron chi connectivity index (χ1n) is 17.0. The fourth-order valence-corrected chi connectivity index (χ4v) is 8.93. The molecule has 53 heavy (non-hydrogen) atoms. The van der Waals surface area contributed by atoms with Crippen molar-refractivity contribution in [3.05, 3.63) is 145 Å². The largest absolute Gasteiger partial charge is 0.465 e. The zero-order chi connectivity index (χ0) is 37.6. The average molecular weight is 750 g/mol. The third kappa shape index (κ3) is 8.01. The minimum Gasteiger partial charge on any atom is -0.465 e. The first-order valence-corrected chi connectivity index (χ1v) is 20.0. The van der Waals surface area contributed by atoms with Crippen LogP contribution in [0.5, 0.6) is 0 Å². The van der Waals surface area contributed by atoms with Gasteiger partial charge < -0.3 is 10.1 Å². The van der Waals surface area contributed by atoms with Gasteiger partial charge in [-0.2, -0.15) is 0 Å². The summed E-state index contributed by atoms with van der Waals surface area (Å²) in [6, 6.07) is 35.2. The van der Waals surface area contributed by atoms with E-state index < -0.39 is 43.6 Å². The van der Waals surface area contributed by atoms with Crippen LogP contribution in [0.25, 0.3) is 21.5 Å². The summed E-state index contributed by atoms with van der Waals surface area (Å²) in [5.41, 5.74) is 1.57. The maximum absolute atomic E-state index is 13.4. The van der Waals surface area contributed by atoms with Gasteiger partial charge in [0.1, 0.15) is 12.1 Å². The van der Waals surface area contributed by atoms with E-state index in [1.165, 1.54) is 7.05 Å². The number of likely N-dealkylation sites (N-methyl/N-ethyl adjacent to an activating group) is 1. The van der Waals surface area contributed by atoms with Crippen LogP contribution in [-0.2, 0) is 47.1 Å². The van der Waals surface area contributed by atoms with Crippen molar-refractivity contribution in [3.63, 3.8) is 0 Å². The highest BCUT2D eigenvalue weighted by Gasteiger charge is 2.34. The van der Waals surface area contributed by atoms with Crippen LogP contribution in [0.15, 0.2) is 153 Å². The minimum absolute atomic E-state index is 0.0992. The Bertz CT molecular complexity index is 2490. The fraction of sp³-hybridized carbons (Fsp3) is 0.171. The molecule has 10 nitrogen and oxygen atoms in total. The van der Waals surface area contributed by atoms with Crippen LogP contribution in [-0.4, -0.2) is 54.5 Å². The zero-order valence-electron chi connectivity index (χ0n) is 29.2. The van der Waals surface area contributed by atoms with Gasteiger partial charge in [-0.05, 0) is 88.1 Å². The van der Waals surface area contributed by atoms with E-state index in [2.05, 4.69) is 16.0 Å². The Kier molecular flexibility index (Phi) is 11.3. The van der Waals surface area contributed by atoms with Gasteiger partial charge in [-0.25, -0.2) is 16.8 Å². The summed E-state index contributed by atoms with van der Waals surface area (Å²) in [5, 5.41) is 12.1. The minimum atomic E-state index is -3.73. The highest BCUT2D eigenvalue weighted by Crippen LogP contribution is 2.28. The van der Waals surface area contributed by atoms with Gasteiger partial charge >= 0.3 is 5.97 Å². The molecule has 0 fully saturated rings. The lowest BCUT2D eigenvalue weighted by Gasteiger charge is -2.27. The van der Waals surface area contributed by atoms with Gasteiger partial charge in [0, 0.05) is 20.1 Å². The van der Waals surface area contributed by atoms with Crippen molar-refractivity contribution < 1.29 is 31.2 Å². The molecule has 0 spiro atoms.